The van der Waals surface area contributed by atoms with Crippen molar-refractivity contribution in [2.45, 2.75) is 26.1 Å². The van der Waals surface area contributed by atoms with E-state index in [1.54, 1.807) is 0 Å². The molecule has 2 rings (SSSR count). The smallest absolute Gasteiger partial charge is 0.381 e. The van der Waals surface area contributed by atoms with Crippen LogP contribution in [-0.2, 0) is 11.0 Å². The third-order valence-electron chi connectivity index (χ3n) is 2.95. The fourth-order valence-electron chi connectivity index (χ4n) is 2.13. The molecule has 1 atom stereocenters. The van der Waals surface area contributed by atoms with Crippen molar-refractivity contribution < 1.29 is 18.0 Å². The molecule has 1 aromatic rings. The maximum Gasteiger partial charge on any atom is 0.416 e. The number of hydrogen-bond acceptors (Lipinski definition) is 2. The van der Waals surface area contributed by atoms with Gasteiger partial charge < -0.3 is 10.2 Å². The van der Waals surface area contributed by atoms with Gasteiger partial charge >= 0.3 is 6.18 Å². The number of hydrogen-bond donors (Lipinski definition) is 1. The maximum atomic E-state index is 12.6. The number of rotatable bonds is 0. The summed E-state index contributed by atoms with van der Waals surface area (Å²) < 4.78 is 37.7. The zero-order valence-corrected chi connectivity index (χ0v) is 10.0. The van der Waals surface area contributed by atoms with E-state index in [9.17, 15) is 18.0 Å². The van der Waals surface area contributed by atoms with E-state index in [0.717, 1.165) is 12.1 Å². The van der Waals surface area contributed by atoms with Gasteiger partial charge in [0.1, 0.15) is 0 Å². The largest absolute Gasteiger partial charge is 0.416 e. The van der Waals surface area contributed by atoms with Crippen molar-refractivity contribution >= 4 is 17.3 Å². The van der Waals surface area contributed by atoms with Gasteiger partial charge in [0.05, 0.1) is 23.0 Å². The van der Waals surface area contributed by atoms with Gasteiger partial charge in [-0.1, -0.05) is 0 Å². The summed E-state index contributed by atoms with van der Waals surface area (Å²) in [6, 6.07) is 3.29. The minimum atomic E-state index is -4.37. The average Bonchev–Trinajstić information content (AvgIpc) is 2.26. The highest BCUT2D eigenvalue weighted by Crippen LogP contribution is 2.37. The second-order valence-electron chi connectivity index (χ2n) is 4.35. The third-order valence-corrected chi connectivity index (χ3v) is 2.95. The molecule has 98 valence electrons. The minimum Gasteiger partial charge on any atom is -0.381 e. The first kappa shape index (κ1) is 12.7. The summed E-state index contributed by atoms with van der Waals surface area (Å²) in [7, 11) is 0. The summed E-state index contributed by atoms with van der Waals surface area (Å²) in [5.74, 6) is -0.176. The number of carbonyl (C=O) groups is 1. The summed E-state index contributed by atoms with van der Waals surface area (Å²) >= 11 is 0. The first-order chi connectivity index (χ1) is 8.30. The van der Waals surface area contributed by atoms with Crippen LogP contribution in [0.25, 0.3) is 0 Å². The highest BCUT2D eigenvalue weighted by Gasteiger charge is 2.33. The predicted octanol–water partition coefficient (Wildman–Crippen LogP) is 2.87. The van der Waals surface area contributed by atoms with Crippen LogP contribution in [0.2, 0.25) is 0 Å². The van der Waals surface area contributed by atoms with Gasteiger partial charge in [-0.15, -0.1) is 0 Å². The molecule has 0 radical (unpaired) electrons. The van der Waals surface area contributed by atoms with Crippen LogP contribution in [0.4, 0.5) is 24.5 Å². The molecule has 0 saturated heterocycles. The Labute approximate surface area is 103 Å². The molecule has 1 amide bonds. The number of nitrogens with one attached hydrogen (secondary N) is 1. The SMILES string of the molecule is CC(=O)N1c2ccc(C(F)(F)F)cc2NCC1C. The topological polar surface area (TPSA) is 32.3 Å². The van der Waals surface area contributed by atoms with E-state index in [1.165, 1.54) is 17.9 Å². The molecule has 0 bridgehead atoms. The van der Waals surface area contributed by atoms with Crippen molar-refractivity contribution in [3.05, 3.63) is 23.8 Å². The van der Waals surface area contributed by atoms with Crippen molar-refractivity contribution in [3.8, 4) is 0 Å². The molecule has 1 aliphatic heterocycles. The first-order valence-corrected chi connectivity index (χ1v) is 5.55. The van der Waals surface area contributed by atoms with Crippen molar-refractivity contribution in [2.75, 3.05) is 16.8 Å². The highest BCUT2D eigenvalue weighted by molar-refractivity contribution is 5.97. The van der Waals surface area contributed by atoms with Crippen LogP contribution >= 0.6 is 0 Å². The maximum absolute atomic E-state index is 12.6. The molecule has 0 saturated carbocycles. The van der Waals surface area contributed by atoms with Crippen molar-refractivity contribution in [2.24, 2.45) is 0 Å². The van der Waals surface area contributed by atoms with Crippen molar-refractivity contribution in [1.82, 2.24) is 0 Å². The lowest BCUT2D eigenvalue weighted by Crippen LogP contribution is -2.44. The second kappa shape index (κ2) is 4.19. The van der Waals surface area contributed by atoms with Gasteiger partial charge in [-0.05, 0) is 25.1 Å². The Kier molecular flexibility index (Phi) is 2.96. The Morgan fingerprint density at radius 3 is 2.67 bits per heavy atom. The minimum absolute atomic E-state index is 0.0771. The first-order valence-electron chi connectivity index (χ1n) is 5.55. The van der Waals surface area contributed by atoms with E-state index < -0.39 is 11.7 Å². The molecule has 1 unspecified atom stereocenters. The van der Waals surface area contributed by atoms with Gasteiger partial charge in [0.15, 0.2) is 0 Å². The number of amides is 1. The summed E-state index contributed by atoms with van der Waals surface area (Å²) in [5.41, 5.74) is 0.124. The summed E-state index contributed by atoms with van der Waals surface area (Å²) in [6.07, 6.45) is -4.37. The van der Waals surface area contributed by atoms with Crippen LogP contribution in [0, 0.1) is 0 Å². The van der Waals surface area contributed by atoms with E-state index in [1.807, 2.05) is 6.92 Å². The fraction of sp³-hybridized carbons (Fsp3) is 0.417. The van der Waals surface area contributed by atoms with Crippen LogP contribution < -0.4 is 10.2 Å². The molecule has 1 aromatic carbocycles. The lowest BCUT2D eigenvalue weighted by Gasteiger charge is -2.35. The molecule has 18 heavy (non-hydrogen) atoms. The Bertz CT molecular complexity index is 485. The fourth-order valence-corrected chi connectivity index (χ4v) is 2.13. The van der Waals surface area contributed by atoms with Crippen LogP contribution in [0.3, 0.4) is 0 Å². The van der Waals surface area contributed by atoms with E-state index in [2.05, 4.69) is 5.32 Å². The van der Waals surface area contributed by atoms with E-state index in [0.29, 0.717) is 17.9 Å². The predicted molar refractivity (Wildman–Crippen MR) is 62.6 cm³/mol. The monoisotopic (exact) mass is 258 g/mol. The van der Waals surface area contributed by atoms with Crippen molar-refractivity contribution in [3.63, 3.8) is 0 Å². The molecule has 0 fully saturated rings. The van der Waals surface area contributed by atoms with Gasteiger partial charge in [0.2, 0.25) is 5.91 Å². The number of halogens is 3. The lowest BCUT2D eigenvalue weighted by atomic mass is 10.1. The van der Waals surface area contributed by atoms with Crippen LogP contribution in [0.1, 0.15) is 19.4 Å². The third kappa shape index (κ3) is 2.14. The van der Waals surface area contributed by atoms with Gasteiger partial charge in [0, 0.05) is 13.5 Å². The average molecular weight is 258 g/mol. The highest BCUT2D eigenvalue weighted by atomic mass is 19.4. The number of carbonyl (C=O) groups excluding carboxylic acids is 1. The molecule has 6 heteroatoms. The quantitative estimate of drug-likeness (QED) is 0.776. The molecule has 0 aromatic heterocycles. The zero-order valence-electron chi connectivity index (χ0n) is 10.0. The molecule has 0 aliphatic carbocycles. The molecule has 0 spiro atoms. The molecular weight excluding hydrogens is 245 g/mol. The van der Waals surface area contributed by atoms with Crippen LogP contribution in [-0.4, -0.2) is 18.5 Å². The summed E-state index contributed by atoms with van der Waals surface area (Å²) in [5, 5.41) is 2.92. The summed E-state index contributed by atoms with van der Waals surface area (Å²) in [6.45, 7) is 3.69. The molecule has 1 heterocycles. The Morgan fingerprint density at radius 2 is 2.11 bits per heavy atom. The van der Waals surface area contributed by atoms with Gasteiger partial charge in [-0.25, -0.2) is 0 Å². The molecule has 3 nitrogen and oxygen atoms in total. The van der Waals surface area contributed by atoms with Crippen LogP contribution in [0.5, 0.6) is 0 Å². The Balaban J connectivity index is 2.47. The number of anilines is 2. The number of nitrogens with zero attached hydrogens (tertiary/aromatic N) is 1. The van der Waals surface area contributed by atoms with E-state index in [-0.39, 0.29) is 11.9 Å². The lowest BCUT2D eigenvalue weighted by molar-refractivity contribution is -0.137. The molecule has 1 aliphatic rings. The molecular formula is C12H13F3N2O. The number of fused-ring (bicyclic) bond motifs is 1. The normalized spacial score (nSPS) is 19.2. The Hall–Kier alpha value is -1.72. The second-order valence-corrected chi connectivity index (χ2v) is 4.35. The van der Waals surface area contributed by atoms with Crippen LogP contribution in [0.15, 0.2) is 18.2 Å². The van der Waals surface area contributed by atoms with Crippen molar-refractivity contribution in [1.29, 1.82) is 0 Å². The van der Waals surface area contributed by atoms with Gasteiger partial charge in [-0.2, -0.15) is 13.2 Å². The standard InChI is InChI=1S/C12H13F3N2O/c1-7-6-16-10-5-9(12(13,14)15)3-4-11(10)17(7)8(2)18/h3-5,7,16H,6H2,1-2H3. The zero-order chi connectivity index (χ0) is 13.5. The number of alkyl halides is 3. The van der Waals surface area contributed by atoms with Gasteiger partial charge in [0.25, 0.3) is 0 Å². The van der Waals surface area contributed by atoms with Gasteiger partial charge in [-0.3, -0.25) is 4.79 Å². The van der Waals surface area contributed by atoms with E-state index in [4.69, 9.17) is 0 Å². The number of benzene rings is 1. The molecule has 1 N–H and O–H groups in total. The van der Waals surface area contributed by atoms with E-state index >= 15 is 0 Å². The summed E-state index contributed by atoms with van der Waals surface area (Å²) in [4.78, 5) is 13.0. The Morgan fingerprint density at radius 1 is 1.44 bits per heavy atom.